The molecule has 0 aromatic carbocycles. The monoisotopic (exact) mass is 159 g/mol. The molecule has 0 saturated carbocycles. The van der Waals surface area contributed by atoms with E-state index in [0.717, 1.165) is 0 Å². The van der Waals surface area contributed by atoms with Crippen LogP contribution in [0.4, 0.5) is 0 Å². The first-order valence-corrected chi connectivity index (χ1v) is 3.70. The topological polar surface area (TPSA) is 115 Å². The van der Waals surface area contributed by atoms with Gasteiger partial charge in [0.15, 0.2) is 0 Å². The lowest BCUT2D eigenvalue weighted by Crippen LogP contribution is -1.90. The van der Waals surface area contributed by atoms with E-state index in [9.17, 15) is 0 Å². The maximum absolute atomic E-state index is 8.74. The number of hydrogen-bond acceptors (Lipinski definition) is 2. The molecule has 0 bridgehead atoms. The van der Waals surface area contributed by atoms with Crippen LogP contribution in [0.25, 0.3) is 0 Å². The van der Waals surface area contributed by atoms with Gasteiger partial charge < -0.3 is 9.59 Å². The average molecular weight is 159 g/mol. The Kier molecular flexibility index (Phi) is 8.78. The van der Waals surface area contributed by atoms with Crippen molar-refractivity contribution in [2.75, 3.05) is 0 Å². The van der Waals surface area contributed by atoms with Crippen LogP contribution in [0, 0.1) is 0 Å². The number of hydrogen-bond donors (Lipinski definition) is 4. The zero-order valence-corrected chi connectivity index (χ0v) is 5.45. The molecule has 0 radical (unpaired) electrons. The first-order valence-electron chi connectivity index (χ1n) is 1.23. The predicted molar refractivity (Wildman–Crippen MR) is 22.9 cm³/mol. The van der Waals surface area contributed by atoms with Gasteiger partial charge in [-0.2, -0.15) is 0 Å². The minimum atomic E-state index is -3.13. The van der Waals surface area contributed by atoms with Crippen molar-refractivity contribution in [3.05, 3.63) is 0 Å². The highest BCUT2D eigenvalue weighted by atomic mass is 31.1. The van der Waals surface area contributed by atoms with Crippen LogP contribution >= 0.6 is 8.25 Å². The Bertz CT molecular complexity index is 66.5. The van der Waals surface area contributed by atoms with Gasteiger partial charge in [0.05, 0.1) is 0 Å². The van der Waals surface area contributed by atoms with Crippen molar-refractivity contribution in [2.24, 2.45) is 0 Å². The molecule has 0 spiro atoms. The van der Waals surface area contributed by atoms with Gasteiger partial charge in [-0.15, -0.1) is 9.79 Å². The predicted octanol–water partition coefficient (Wildman–Crippen LogP) is -1.99. The Hall–Kier alpha value is -0.363. The Morgan fingerprint density at radius 1 is 1.25 bits per heavy atom. The molecule has 48 valence electrons. The minimum Gasteiger partial charge on any atom is -0.511 e. The molecule has 0 saturated heterocycles. The lowest BCUT2D eigenvalue weighted by Gasteiger charge is -1.55. The van der Waals surface area contributed by atoms with Crippen molar-refractivity contribution in [1.82, 2.24) is 0 Å². The summed E-state index contributed by atoms with van der Waals surface area (Å²) in [5, 5.41) is 0. The molecule has 0 rings (SSSR count). The van der Waals surface area contributed by atoms with E-state index in [4.69, 9.17) is 28.4 Å². The molecule has 6 nitrogen and oxygen atoms in total. The van der Waals surface area contributed by atoms with Crippen molar-refractivity contribution in [3.8, 4) is 0 Å². The number of rotatable bonds is 0. The summed E-state index contributed by atoms with van der Waals surface area (Å²) in [4.78, 5) is 28.6. The molecule has 4 N–H and O–H groups in total. The van der Waals surface area contributed by atoms with Crippen molar-refractivity contribution in [2.45, 2.75) is 0 Å². The molecule has 0 aliphatic rings. The highest BCUT2D eigenvalue weighted by Gasteiger charge is 1.93. The molecule has 0 fully saturated rings. The summed E-state index contributed by atoms with van der Waals surface area (Å²) in [6.45, 7) is 0. The third kappa shape index (κ3) is 919. The Morgan fingerprint density at radius 3 is 1.25 bits per heavy atom. The van der Waals surface area contributed by atoms with Gasteiger partial charge in [-0.1, -0.05) is 0 Å². The maximum Gasteiger partial charge on any atom is 0.761 e. The molecule has 8 heteroatoms. The largest absolute Gasteiger partial charge is 0.761 e. The van der Waals surface area contributed by atoms with E-state index in [-0.39, 0.29) is 0 Å². The second-order valence-corrected chi connectivity index (χ2v) is 1.61. The van der Waals surface area contributed by atoms with Crippen LogP contribution in [0.1, 0.15) is 0 Å². The summed E-state index contributed by atoms with van der Waals surface area (Å²) in [5.74, 6) is 0. The summed E-state index contributed by atoms with van der Waals surface area (Å²) in [5.41, 5.74) is 0. The Morgan fingerprint density at radius 2 is 1.25 bits per heavy atom. The van der Waals surface area contributed by atoms with E-state index >= 15 is 0 Å². The first kappa shape index (κ1) is 10.6. The second-order valence-electron chi connectivity index (χ2n) is 0.535. The third-order valence-electron chi connectivity index (χ3n) is 0. The van der Waals surface area contributed by atoms with E-state index < -0.39 is 17.4 Å². The van der Waals surface area contributed by atoms with Crippen LogP contribution in [0.15, 0.2) is 0 Å². The molecule has 0 aromatic rings. The Balaban J connectivity index is 0. The lowest BCUT2D eigenvalue weighted by atomic mass is 15.8. The van der Waals surface area contributed by atoms with Gasteiger partial charge in [0, 0.05) is 4.57 Å². The van der Waals surface area contributed by atoms with Crippen LogP contribution in [0.5, 0.6) is 0 Å². The van der Waals surface area contributed by atoms with Crippen molar-refractivity contribution >= 4 is 17.4 Å². The van der Waals surface area contributed by atoms with Crippen LogP contribution < -0.4 is 0 Å². The van der Waals surface area contributed by atoms with Gasteiger partial charge in [-0.25, -0.2) is 0 Å². The maximum atomic E-state index is 8.74. The van der Waals surface area contributed by atoms with Crippen LogP contribution in [0.2, 0.25) is 0 Å². The molecule has 0 aliphatic carbocycles. The molecule has 0 amide bonds. The highest BCUT2D eigenvalue weighted by molar-refractivity contribution is 7.30. The molecule has 8 heavy (non-hydrogen) atoms. The fourth-order valence-corrected chi connectivity index (χ4v) is 0. The standard InChI is InChI=1S/HO3P.H2O3Si/c2*1-4(2)3/h(H-,1,2,3);1-2H/p+1. The van der Waals surface area contributed by atoms with Gasteiger partial charge >= 0.3 is 17.4 Å². The van der Waals surface area contributed by atoms with Gasteiger partial charge in [0.1, 0.15) is 0 Å². The Labute approximate surface area is 46.9 Å². The third-order valence-corrected chi connectivity index (χ3v) is 0. The quantitative estimate of drug-likeness (QED) is 0.240. The van der Waals surface area contributed by atoms with Crippen molar-refractivity contribution in [1.29, 1.82) is 0 Å². The van der Waals surface area contributed by atoms with Crippen LogP contribution in [-0.2, 0) is 9.03 Å². The normalized spacial score (nSPS) is 6.25. The molecule has 0 heterocycles. The van der Waals surface area contributed by atoms with Crippen LogP contribution in [0.3, 0.4) is 0 Å². The summed E-state index contributed by atoms with van der Waals surface area (Å²) in [6.07, 6.45) is 0. The van der Waals surface area contributed by atoms with E-state index in [1.807, 2.05) is 0 Å². The fraction of sp³-hybridized carbons (Fsp3) is 0. The fourth-order valence-electron chi connectivity index (χ4n) is 0. The first-order chi connectivity index (χ1) is 3.46. The van der Waals surface area contributed by atoms with Crippen molar-refractivity contribution in [3.63, 3.8) is 0 Å². The SMILES string of the molecule is O=[P+](O)O.O=[Si](O)O. The zero-order valence-electron chi connectivity index (χ0n) is 3.55. The van der Waals surface area contributed by atoms with E-state index in [1.165, 1.54) is 0 Å². The molecule has 0 aromatic heterocycles. The van der Waals surface area contributed by atoms with Gasteiger partial charge in [-0.3, -0.25) is 4.46 Å². The highest BCUT2D eigenvalue weighted by Crippen LogP contribution is 1.98. The molecule has 0 atom stereocenters. The minimum absolute atomic E-state index is 2.87. The summed E-state index contributed by atoms with van der Waals surface area (Å²) < 4.78 is 17.4. The van der Waals surface area contributed by atoms with Gasteiger partial charge in [0.25, 0.3) is 0 Å². The molecular formula is H4O6PSi+. The van der Waals surface area contributed by atoms with Gasteiger partial charge in [0.2, 0.25) is 0 Å². The van der Waals surface area contributed by atoms with E-state index in [0.29, 0.717) is 0 Å². The van der Waals surface area contributed by atoms with Gasteiger partial charge in [-0.05, 0) is 0 Å². The summed E-state index contributed by atoms with van der Waals surface area (Å²) in [6, 6.07) is 0. The van der Waals surface area contributed by atoms with E-state index in [2.05, 4.69) is 0 Å². The molecule has 0 aliphatic heterocycles. The lowest BCUT2D eigenvalue weighted by molar-refractivity contribution is 0.330. The van der Waals surface area contributed by atoms with E-state index in [1.54, 1.807) is 0 Å². The molecule has 0 unspecified atom stereocenters. The molecular weight excluding hydrogens is 155 g/mol. The van der Waals surface area contributed by atoms with Crippen LogP contribution in [-0.4, -0.2) is 28.5 Å². The summed E-state index contributed by atoms with van der Waals surface area (Å²) in [7, 11) is -6.00. The van der Waals surface area contributed by atoms with Crippen molar-refractivity contribution < 1.29 is 28.4 Å². The average Bonchev–Trinajstić information content (AvgIpc) is 1.25. The smallest absolute Gasteiger partial charge is 0.511 e. The second kappa shape index (κ2) is 6.64. The summed E-state index contributed by atoms with van der Waals surface area (Å²) >= 11 is 0. The zero-order chi connectivity index (χ0) is 7.15.